The summed E-state index contributed by atoms with van der Waals surface area (Å²) in [4.78, 5) is 10.3. The fourth-order valence-electron chi connectivity index (χ4n) is 1.78. The number of anilines is 3. The number of benzene rings is 1. The number of nitrogens with zero attached hydrogens (tertiary/aromatic N) is 3. The molecule has 0 spiro atoms. The first kappa shape index (κ1) is 13.3. The molecule has 1 heterocycles. The Morgan fingerprint density at radius 1 is 1.26 bits per heavy atom. The van der Waals surface area contributed by atoms with E-state index in [-0.39, 0.29) is 5.82 Å². The van der Waals surface area contributed by atoms with Crippen LogP contribution in [0.2, 0.25) is 0 Å². The zero-order valence-corrected chi connectivity index (χ0v) is 11.3. The second-order valence-corrected chi connectivity index (χ2v) is 4.28. The van der Waals surface area contributed by atoms with E-state index in [4.69, 9.17) is 0 Å². The van der Waals surface area contributed by atoms with Crippen LogP contribution in [0.3, 0.4) is 0 Å². The third-order valence-electron chi connectivity index (χ3n) is 2.88. The predicted octanol–water partition coefficient (Wildman–Crippen LogP) is 3.12. The summed E-state index contributed by atoms with van der Waals surface area (Å²) in [5.74, 6) is 1.34. The Hall–Kier alpha value is -2.17. The van der Waals surface area contributed by atoms with Gasteiger partial charge in [-0.1, -0.05) is 0 Å². The molecule has 0 bridgehead atoms. The maximum atomic E-state index is 13.3. The summed E-state index contributed by atoms with van der Waals surface area (Å²) in [6, 6.07) is 6.86. The van der Waals surface area contributed by atoms with Crippen LogP contribution in [0.15, 0.2) is 30.6 Å². The Morgan fingerprint density at radius 2 is 2.05 bits per heavy atom. The summed E-state index contributed by atoms with van der Waals surface area (Å²) in [5.41, 5.74) is 1.50. The summed E-state index contributed by atoms with van der Waals surface area (Å²) in [6.45, 7) is 4.56. The molecule has 2 aromatic rings. The van der Waals surface area contributed by atoms with Crippen molar-refractivity contribution in [1.82, 2.24) is 9.97 Å². The summed E-state index contributed by atoms with van der Waals surface area (Å²) >= 11 is 0. The van der Waals surface area contributed by atoms with Crippen molar-refractivity contribution in [1.29, 1.82) is 0 Å². The van der Waals surface area contributed by atoms with E-state index in [1.54, 1.807) is 19.1 Å². The molecule has 0 fully saturated rings. The number of hydrogen-bond acceptors (Lipinski definition) is 4. The zero-order chi connectivity index (χ0) is 13.8. The summed E-state index contributed by atoms with van der Waals surface area (Å²) in [5, 5.41) is 3.14. The monoisotopic (exact) mass is 260 g/mol. The molecule has 5 heteroatoms. The van der Waals surface area contributed by atoms with Crippen molar-refractivity contribution >= 4 is 17.3 Å². The highest BCUT2D eigenvalue weighted by molar-refractivity contribution is 5.62. The van der Waals surface area contributed by atoms with Crippen molar-refractivity contribution in [3.05, 3.63) is 42.0 Å². The van der Waals surface area contributed by atoms with Gasteiger partial charge in [-0.05, 0) is 37.6 Å². The average Bonchev–Trinajstić information content (AvgIpc) is 2.42. The van der Waals surface area contributed by atoms with Crippen LogP contribution in [0.4, 0.5) is 21.7 Å². The molecule has 0 unspecified atom stereocenters. The third kappa shape index (κ3) is 2.99. The molecule has 0 atom stereocenters. The number of nitrogens with one attached hydrogen (secondary N) is 1. The molecule has 2 rings (SSSR count). The lowest BCUT2D eigenvalue weighted by atomic mass is 10.2. The number of hydrogen-bond donors (Lipinski definition) is 1. The quantitative estimate of drug-likeness (QED) is 0.917. The lowest BCUT2D eigenvalue weighted by Gasteiger charge is -2.19. The lowest BCUT2D eigenvalue weighted by molar-refractivity contribution is 0.618. The number of rotatable bonds is 4. The molecular weight excluding hydrogens is 243 g/mol. The standard InChI is InChI=1S/C14H17FN4/c1-4-16-13-8-14(18-9-17-13)19(3)11-5-6-12(15)10(2)7-11/h5-9H,4H2,1-3H3,(H,16,17,18). The molecule has 1 aromatic carbocycles. The molecule has 100 valence electrons. The average molecular weight is 260 g/mol. The largest absolute Gasteiger partial charge is 0.370 e. The fourth-order valence-corrected chi connectivity index (χ4v) is 1.78. The van der Waals surface area contributed by atoms with Gasteiger partial charge in [0, 0.05) is 25.3 Å². The first-order valence-corrected chi connectivity index (χ1v) is 6.17. The van der Waals surface area contributed by atoms with Crippen molar-refractivity contribution in [2.24, 2.45) is 0 Å². The number of halogens is 1. The first-order chi connectivity index (χ1) is 9.11. The Kier molecular flexibility index (Phi) is 3.94. The van der Waals surface area contributed by atoms with Crippen molar-refractivity contribution in [3.63, 3.8) is 0 Å². The van der Waals surface area contributed by atoms with Crippen molar-refractivity contribution < 1.29 is 4.39 Å². The molecular formula is C14H17FN4. The van der Waals surface area contributed by atoms with Gasteiger partial charge in [-0.2, -0.15) is 0 Å². The van der Waals surface area contributed by atoms with E-state index in [2.05, 4.69) is 15.3 Å². The molecule has 0 saturated heterocycles. The molecule has 0 saturated carbocycles. The van der Waals surface area contributed by atoms with Crippen LogP contribution in [-0.4, -0.2) is 23.6 Å². The van der Waals surface area contributed by atoms with Gasteiger partial charge in [-0.25, -0.2) is 14.4 Å². The number of aryl methyl sites for hydroxylation is 1. The van der Waals surface area contributed by atoms with Crippen LogP contribution in [0.1, 0.15) is 12.5 Å². The van der Waals surface area contributed by atoms with Gasteiger partial charge in [-0.3, -0.25) is 0 Å². The molecule has 19 heavy (non-hydrogen) atoms. The Morgan fingerprint density at radius 3 is 2.74 bits per heavy atom. The summed E-state index contributed by atoms with van der Waals surface area (Å²) < 4.78 is 13.3. The first-order valence-electron chi connectivity index (χ1n) is 6.17. The molecule has 0 aliphatic carbocycles. The highest BCUT2D eigenvalue weighted by Gasteiger charge is 2.08. The van der Waals surface area contributed by atoms with Gasteiger partial charge in [0.15, 0.2) is 0 Å². The van der Waals surface area contributed by atoms with Crippen LogP contribution in [-0.2, 0) is 0 Å². The summed E-state index contributed by atoms with van der Waals surface area (Å²) in [6.07, 6.45) is 1.51. The smallest absolute Gasteiger partial charge is 0.138 e. The van der Waals surface area contributed by atoms with Crippen LogP contribution < -0.4 is 10.2 Å². The Bertz CT molecular complexity index is 571. The van der Waals surface area contributed by atoms with E-state index in [9.17, 15) is 4.39 Å². The topological polar surface area (TPSA) is 41.0 Å². The maximum Gasteiger partial charge on any atom is 0.138 e. The van der Waals surface area contributed by atoms with Crippen LogP contribution in [0, 0.1) is 12.7 Å². The molecule has 0 radical (unpaired) electrons. The maximum absolute atomic E-state index is 13.3. The van der Waals surface area contributed by atoms with E-state index in [1.807, 2.05) is 24.9 Å². The minimum atomic E-state index is -0.201. The van der Waals surface area contributed by atoms with Crippen molar-refractivity contribution in [2.75, 3.05) is 23.8 Å². The molecule has 1 N–H and O–H groups in total. The third-order valence-corrected chi connectivity index (χ3v) is 2.88. The van der Waals surface area contributed by atoms with Gasteiger partial charge in [0.2, 0.25) is 0 Å². The molecule has 0 amide bonds. The molecule has 1 aromatic heterocycles. The van der Waals surface area contributed by atoms with Crippen molar-refractivity contribution in [3.8, 4) is 0 Å². The SMILES string of the molecule is CCNc1cc(N(C)c2ccc(F)c(C)c2)ncn1. The molecule has 0 aliphatic heterocycles. The normalized spacial score (nSPS) is 10.3. The van der Waals surface area contributed by atoms with Gasteiger partial charge in [0.1, 0.15) is 23.8 Å². The minimum absolute atomic E-state index is 0.201. The van der Waals surface area contributed by atoms with E-state index >= 15 is 0 Å². The Labute approximate surface area is 112 Å². The van der Waals surface area contributed by atoms with Crippen LogP contribution in [0.5, 0.6) is 0 Å². The van der Waals surface area contributed by atoms with E-state index < -0.39 is 0 Å². The van der Waals surface area contributed by atoms with Crippen LogP contribution in [0.25, 0.3) is 0 Å². The Balaban J connectivity index is 2.29. The van der Waals surface area contributed by atoms with Gasteiger partial charge < -0.3 is 10.2 Å². The van der Waals surface area contributed by atoms with Crippen LogP contribution >= 0.6 is 0 Å². The predicted molar refractivity (Wildman–Crippen MR) is 75.4 cm³/mol. The van der Waals surface area contributed by atoms with Crippen molar-refractivity contribution in [2.45, 2.75) is 13.8 Å². The van der Waals surface area contributed by atoms with Gasteiger partial charge in [-0.15, -0.1) is 0 Å². The lowest BCUT2D eigenvalue weighted by Crippen LogP contribution is -2.12. The molecule has 0 aliphatic rings. The van der Waals surface area contributed by atoms with E-state index in [0.29, 0.717) is 5.56 Å². The highest BCUT2D eigenvalue weighted by atomic mass is 19.1. The van der Waals surface area contributed by atoms with Gasteiger partial charge in [0.25, 0.3) is 0 Å². The van der Waals surface area contributed by atoms with Gasteiger partial charge >= 0.3 is 0 Å². The van der Waals surface area contributed by atoms with Gasteiger partial charge in [0.05, 0.1) is 0 Å². The number of aromatic nitrogens is 2. The summed E-state index contributed by atoms with van der Waals surface area (Å²) in [7, 11) is 1.89. The molecule has 4 nitrogen and oxygen atoms in total. The van der Waals surface area contributed by atoms with E-state index in [0.717, 1.165) is 23.9 Å². The minimum Gasteiger partial charge on any atom is -0.370 e. The van der Waals surface area contributed by atoms with E-state index in [1.165, 1.54) is 12.4 Å². The second-order valence-electron chi connectivity index (χ2n) is 4.28. The zero-order valence-electron chi connectivity index (χ0n) is 11.3. The highest BCUT2D eigenvalue weighted by Crippen LogP contribution is 2.24. The second kappa shape index (κ2) is 5.65. The fraction of sp³-hybridized carbons (Fsp3) is 0.286.